The molecule has 9 heteroatoms. The van der Waals surface area contributed by atoms with E-state index in [1.165, 1.54) is 0 Å². The molecule has 0 saturated carbocycles. The SMILES string of the molecule is O.O.O=P([O-])([O-])[O-].S.[Fe+3]. The molecule has 0 aromatic heterocycles. The Hall–Kier alpha value is 0.899. The zero-order valence-electron chi connectivity index (χ0n) is 3.93. The van der Waals surface area contributed by atoms with Crippen molar-refractivity contribution in [2.45, 2.75) is 0 Å². The third-order valence-corrected chi connectivity index (χ3v) is 0. The van der Waals surface area contributed by atoms with Gasteiger partial charge in [-0.2, -0.15) is 21.3 Å². The largest absolute Gasteiger partial charge is 3.00 e. The summed E-state index contributed by atoms with van der Waals surface area (Å²) in [7, 11) is -5.39. The van der Waals surface area contributed by atoms with Gasteiger partial charge in [0, 0.05) is 0 Å². The van der Waals surface area contributed by atoms with Gasteiger partial charge in [0.25, 0.3) is 0 Å². The van der Waals surface area contributed by atoms with Gasteiger partial charge in [-0.3, -0.25) is 0 Å². The van der Waals surface area contributed by atoms with Gasteiger partial charge in [0.15, 0.2) is 0 Å². The van der Waals surface area contributed by atoms with Gasteiger partial charge in [-0.1, -0.05) is 0 Å². The molecule has 0 fully saturated rings. The summed E-state index contributed by atoms with van der Waals surface area (Å²) >= 11 is 0. The van der Waals surface area contributed by atoms with Gasteiger partial charge in [0.05, 0.1) is 0 Å². The summed E-state index contributed by atoms with van der Waals surface area (Å²) in [6.45, 7) is 0. The van der Waals surface area contributed by atoms with Crippen molar-refractivity contribution in [3.05, 3.63) is 0 Å². The van der Waals surface area contributed by atoms with Crippen LogP contribution in [-0.4, -0.2) is 11.0 Å². The van der Waals surface area contributed by atoms with E-state index in [4.69, 9.17) is 19.2 Å². The van der Waals surface area contributed by atoms with Crippen LogP contribution in [0.25, 0.3) is 0 Å². The molecule has 0 saturated heterocycles. The minimum atomic E-state index is -5.39. The molecule has 9 heavy (non-hydrogen) atoms. The van der Waals surface area contributed by atoms with Crippen LogP contribution in [0.1, 0.15) is 0 Å². The molecule has 6 nitrogen and oxygen atoms in total. The van der Waals surface area contributed by atoms with Crippen LogP contribution in [0.4, 0.5) is 0 Å². The van der Waals surface area contributed by atoms with Gasteiger partial charge in [-0.05, 0) is 0 Å². The minimum absolute atomic E-state index is 0. The Balaban J connectivity index is -0.0000000133. The van der Waals surface area contributed by atoms with Crippen LogP contribution in [-0.2, 0) is 21.6 Å². The van der Waals surface area contributed by atoms with Gasteiger partial charge in [0.2, 0.25) is 0 Å². The van der Waals surface area contributed by atoms with Crippen molar-refractivity contribution in [2.75, 3.05) is 0 Å². The molecule has 0 aromatic rings. The maximum Gasteiger partial charge on any atom is 3.00 e. The predicted molar refractivity (Wildman–Crippen MR) is 25.2 cm³/mol. The molecule has 0 aliphatic heterocycles. The summed E-state index contributed by atoms with van der Waals surface area (Å²) in [4.78, 5) is 25.6. The van der Waals surface area contributed by atoms with Crippen molar-refractivity contribution in [3.63, 3.8) is 0 Å². The number of hydrogen-bond acceptors (Lipinski definition) is 4. The Labute approximate surface area is 69.1 Å². The first-order valence-corrected chi connectivity index (χ1v) is 2.19. The maximum atomic E-state index is 8.55. The number of hydrogen-bond donors (Lipinski definition) is 0. The van der Waals surface area contributed by atoms with Gasteiger partial charge in [0.1, 0.15) is 0 Å². The van der Waals surface area contributed by atoms with E-state index in [1.807, 2.05) is 0 Å². The van der Waals surface area contributed by atoms with Crippen LogP contribution in [0.15, 0.2) is 0 Å². The predicted octanol–water partition coefficient (Wildman–Crippen LogP) is -4.36. The molecule has 0 spiro atoms. The fourth-order valence-corrected chi connectivity index (χ4v) is 0. The Morgan fingerprint density at radius 2 is 1.00 bits per heavy atom. The second-order valence-corrected chi connectivity index (χ2v) is 1.34. The Bertz CT molecular complexity index is 59.2. The van der Waals surface area contributed by atoms with E-state index in [9.17, 15) is 0 Å². The standard InChI is InChI=1S/Fe.H3O4P.2H2O.H2S/c;1-5(2,3)4;;;/h;(H3,1,2,3,4);3*1H2/q+3;;;;/p-3. The van der Waals surface area contributed by atoms with Crippen LogP contribution in [0.3, 0.4) is 0 Å². The quantitative estimate of drug-likeness (QED) is 0.299. The van der Waals surface area contributed by atoms with E-state index < -0.39 is 7.82 Å². The van der Waals surface area contributed by atoms with E-state index in [0.29, 0.717) is 0 Å². The average Bonchev–Trinajstić information content (AvgIpc) is 0.722. The van der Waals surface area contributed by atoms with Gasteiger partial charge >= 0.3 is 17.1 Å². The normalized spacial score (nSPS) is 6.56. The van der Waals surface area contributed by atoms with Crippen LogP contribution in [0, 0.1) is 0 Å². The molecule has 0 heterocycles. The third-order valence-electron chi connectivity index (χ3n) is 0. The second-order valence-electron chi connectivity index (χ2n) is 0.447. The van der Waals surface area contributed by atoms with E-state index in [-0.39, 0.29) is 41.5 Å². The van der Waals surface area contributed by atoms with Crippen LogP contribution in [0.5, 0.6) is 0 Å². The fourth-order valence-electron chi connectivity index (χ4n) is 0. The van der Waals surface area contributed by atoms with Crippen molar-refractivity contribution >= 4 is 21.3 Å². The second kappa shape index (κ2) is 11.7. The van der Waals surface area contributed by atoms with Crippen LogP contribution >= 0.6 is 21.3 Å². The summed E-state index contributed by atoms with van der Waals surface area (Å²) in [5, 5.41) is 0. The summed E-state index contributed by atoms with van der Waals surface area (Å²) in [6, 6.07) is 0. The van der Waals surface area contributed by atoms with Gasteiger partial charge < -0.3 is 30.2 Å². The molecule has 61 valence electrons. The molecule has 0 amide bonds. The topological polar surface area (TPSA) is 149 Å². The monoisotopic (exact) mass is 221 g/mol. The molecular weight excluding hydrogens is 215 g/mol. The molecule has 4 N–H and O–H groups in total. The van der Waals surface area contributed by atoms with Gasteiger partial charge in [-0.15, -0.1) is 0 Å². The Kier molecular flexibility index (Phi) is 42.3. The zero-order valence-corrected chi connectivity index (χ0v) is 6.93. The van der Waals surface area contributed by atoms with E-state index in [0.717, 1.165) is 0 Å². The van der Waals surface area contributed by atoms with Crippen molar-refractivity contribution in [1.82, 2.24) is 0 Å². The third kappa shape index (κ3) is 524. The summed E-state index contributed by atoms with van der Waals surface area (Å²) in [5.74, 6) is 0. The smallest absolute Gasteiger partial charge is 0.822 e. The average molecular weight is 221 g/mol. The van der Waals surface area contributed by atoms with Crippen molar-refractivity contribution < 1.29 is 47.3 Å². The minimum Gasteiger partial charge on any atom is -0.822 e. The molecule has 1 radical (unpaired) electrons. The van der Waals surface area contributed by atoms with Crippen LogP contribution < -0.4 is 14.7 Å². The molecule has 0 aromatic carbocycles. The summed E-state index contributed by atoms with van der Waals surface area (Å²) < 4.78 is 8.55. The Morgan fingerprint density at radius 1 is 1.00 bits per heavy atom. The van der Waals surface area contributed by atoms with Crippen molar-refractivity contribution in [2.24, 2.45) is 0 Å². The number of phosphoric acid groups is 1. The molecule has 0 aliphatic rings. The Morgan fingerprint density at radius 3 is 1.00 bits per heavy atom. The molecular formula is H6FeO6PS. The van der Waals surface area contributed by atoms with Crippen molar-refractivity contribution in [3.8, 4) is 0 Å². The van der Waals surface area contributed by atoms with Crippen LogP contribution in [0.2, 0.25) is 0 Å². The summed E-state index contributed by atoms with van der Waals surface area (Å²) in [6.07, 6.45) is 0. The van der Waals surface area contributed by atoms with Gasteiger partial charge in [-0.25, -0.2) is 0 Å². The molecule has 0 atom stereocenters. The van der Waals surface area contributed by atoms with Crippen molar-refractivity contribution in [1.29, 1.82) is 0 Å². The molecule has 0 bridgehead atoms. The van der Waals surface area contributed by atoms with E-state index in [2.05, 4.69) is 0 Å². The zero-order chi connectivity index (χ0) is 4.50. The molecule has 0 rings (SSSR count). The molecule has 0 aliphatic carbocycles. The first kappa shape index (κ1) is 32.7. The van der Waals surface area contributed by atoms with E-state index in [1.54, 1.807) is 0 Å². The molecule has 0 unspecified atom stereocenters. The fraction of sp³-hybridized carbons (Fsp3) is 0. The summed E-state index contributed by atoms with van der Waals surface area (Å²) in [5.41, 5.74) is 0. The first-order valence-electron chi connectivity index (χ1n) is 0.730. The maximum absolute atomic E-state index is 8.55. The van der Waals surface area contributed by atoms with E-state index >= 15 is 0 Å². The number of rotatable bonds is 0. The first-order chi connectivity index (χ1) is 2.00.